The summed E-state index contributed by atoms with van der Waals surface area (Å²) >= 11 is 0. The van der Waals surface area contributed by atoms with E-state index in [-0.39, 0.29) is 44.0 Å². The summed E-state index contributed by atoms with van der Waals surface area (Å²) in [6.07, 6.45) is -15.4. The van der Waals surface area contributed by atoms with Gasteiger partial charge in [0.2, 0.25) is 11.9 Å². The molecule has 4 rings (SSSR count). The summed E-state index contributed by atoms with van der Waals surface area (Å²) < 4.78 is 366. The summed E-state index contributed by atoms with van der Waals surface area (Å²) in [6.45, 7) is -6.40. The van der Waals surface area contributed by atoms with Gasteiger partial charge in [-0.2, -0.15) is 114 Å². The minimum absolute atomic E-state index is 0. The fourth-order valence-electron chi connectivity index (χ4n) is 6.49. The van der Waals surface area contributed by atoms with Crippen molar-refractivity contribution in [1.29, 1.82) is 0 Å². The minimum Gasteiger partial charge on any atom is -1.00 e. The van der Waals surface area contributed by atoms with Crippen LogP contribution in [0, 0.1) is 0 Å². The Hall–Kier alpha value is -5.13. The molecule has 1 aliphatic carbocycles. The Bertz CT molecular complexity index is 2600. The van der Waals surface area contributed by atoms with Crippen molar-refractivity contribution in [3.05, 3.63) is 71.6 Å². The average molecular weight is 1090 g/mol. The Morgan fingerprint density at radius 2 is 1.01 bits per heavy atom. The number of carbonyl (C=O) groups is 1. The van der Waals surface area contributed by atoms with Crippen molar-refractivity contribution in [1.82, 2.24) is 4.58 Å². The molecule has 0 atom stereocenters. The van der Waals surface area contributed by atoms with E-state index in [0.29, 0.717) is 24.3 Å². The van der Waals surface area contributed by atoms with Crippen molar-refractivity contribution in [2.24, 2.45) is 0 Å². The maximum atomic E-state index is 15.1. The first-order chi connectivity index (χ1) is 30.8. The molecule has 0 spiro atoms. The number of hydrogen-bond acceptors (Lipinski definition) is 3. The fraction of sp³-hybridized carbons (Fsp3) is 0.474. The molecule has 394 valence electrons. The highest BCUT2D eigenvalue weighted by Crippen LogP contribution is 2.62. The number of halogens is 27. The first-order valence-corrected chi connectivity index (χ1v) is 18.4. The Kier molecular flexibility index (Phi) is 15.4. The van der Waals surface area contributed by atoms with E-state index in [9.17, 15) is 106 Å². The van der Waals surface area contributed by atoms with Crippen LogP contribution in [-0.2, 0) is 0 Å². The number of carboxylic acid groups (broad SMARTS) is 1. The van der Waals surface area contributed by atoms with E-state index in [1.165, 1.54) is 6.07 Å². The highest BCUT2D eigenvalue weighted by molar-refractivity contribution is 6.07. The van der Waals surface area contributed by atoms with Crippen LogP contribution < -0.4 is 27.2 Å². The predicted molar refractivity (Wildman–Crippen MR) is 185 cm³/mol. The molecular weight excluding hydrogens is 1060 g/mol. The fourth-order valence-corrected chi connectivity index (χ4v) is 6.49. The number of anilines is 1. The monoisotopic (exact) mass is 1090 g/mol. The van der Waals surface area contributed by atoms with Crippen LogP contribution in [0.15, 0.2) is 65.1 Å². The number of nitrogens with zero attached hydrogens (tertiary/aromatic N) is 2. The van der Waals surface area contributed by atoms with Gasteiger partial charge in [0.1, 0.15) is 17.9 Å². The maximum Gasteiger partial charge on any atom is 0.460 e. The quantitative estimate of drug-likeness (QED) is 0.0651. The second-order valence-corrected chi connectivity index (χ2v) is 14.7. The highest BCUT2D eigenvalue weighted by Gasteiger charge is 2.92. The molecule has 2 aromatic carbocycles. The molecule has 0 saturated heterocycles. The van der Waals surface area contributed by atoms with Gasteiger partial charge in [0.15, 0.2) is 0 Å². The van der Waals surface area contributed by atoms with Gasteiger partial charge in [0.25, 0.3) is 0 Å². The first kappa shape index (κ1) is 59.2. The Labute approximate surface area is 378 Å². The zero-order valence-electron chi connectivity index (χ0n) is 34.0. The van der Waals surface area contributed by atoms with Crippen LogP contribution in [0.1, 0.15) is 24.2 Å². The van der Waals surface area contributed by atoms with Crippen LogP contribution in [-0.4, -0.2) is 109 Å². The van der Waals surface area contributed by atoms with E-state index in [2.05, 4.69) is 0 Å². The van der Waals surface area contributed by atoms with Crippen molar-refractivity contribution < 1.29 is 141 Å². The SMILES string of the molecule is CCN(CC(F)(F)C(F)(F)C(F)(F)C(F)(F)C(F)(F)C(F)(F)F)c1ccc2c(-c3ccccc3C(=O)O)c3ccc(=[N+](CC)CC(F)(F)C(F)(F)C(F)(F)C(F)(F)C(F)(F)C(F)(F)F)cc-3oc2c1.[Cl-]. The van der Waals surface area contributed by atoms with E-state index >= 15 is 17.6 Å². The van der Waals surface area contributed by atoms with Gasteiger partial charge in [-0.15, -0.1) is 0 Å². The predicted octanol–water partition coefficient (Wildman–Crippen LogP) is 10.0. The third-order valence-corrected chi connectivity index (χ3v) is 10.4. The lowest BCUT2D eigenvalue weighted by Gasteiger charge is -2.41. The van der Waals surface area contributed by atoms with Crippen molar-refractivity contribution >= 4 is 22.6 Å². The normalized spacial score (nSPS) is 15.0. The zero-order chi connectivity index (χ0) is 53.5. The molecule has 0 bridgehead atoms. The minimum atomic E-state index is -8.23. The molecule has 2 aromatic rings. The molecular formula is C38H25ClF26N2O3. The van der Waals surface area contributed by atoms with Crippen LogP contribution in [0.2, 0.25) is 0 Å². The molecule has 1 heterocycles. The van der Waals surface area contributed by atoms with Crippen molar-refractivity contribution in [3.63, 3.8) is 0 Å². The van der Waals surface area contributed by atoms with E-state index < -0.39 is 132 Å². The number of fused-ring (bicyclic) bond motifs is 2. The molecule has 32 heteroatoms. The summed E-state index contributed by atoms with van der Waals surface area (Å²) in [5, 5.41) is 8.62. The van der Waals surface area contributed by atoms with E-state index in [0.717, 1.165) is 44.2 Å². The number of rotatable bonds is 17. The topological polar surface area (TPSA) is 56.7 Å². The second kappa shape index (κ2) is 18.2. The second-order valence-electron chi connectivity index (χ2n) is 14.7. The summed E-state index contributed by atoms with van der Waals surface area (Å²) in [4.78, 5) is 12.1. The molecule has 2 aliphatic rings. The molecule has 0 radical (unpaired) electrons. The lowest BCUT2D eigenvalue weighted by atomic mass is 9.90. The molecule has 70 heavy (non-hydrogen) atoms. The third-order valence-electron chi connectivity index (χ3n) is 10.4. The summed E-state index contributed by atoms with van der Waals surface area (Å²) in [5.41, 5.74) is -3.36. The standard InChI is InChI=1S/C38H24F26N2O3.ClH/c1-3-65(15-27(39,40)29(43,44)31(47,48)33(51,52)35(55,56)37(59,60)61)17-9-11-21-23(13-17)69-24-14-18(10-12-22(24)25(21)19-7-5-6-8-20(19)26(67)68)66(4-2)16-28(41,42)30(45,46)32(49,50)34(53,54)36(57,58)38(62,63)64;/h5-14H,3-4,15-16H2,1-2H3;1H. The zero-order valence-corrected chi connectivity index (χ0v) is 34.7. The average Bonchev–Trinajstić information content (AvgIpc) is 3.21. The van der Waals surface area contributed by atoms with Crippen LogP contribution in [0.4, 0.5) is 120 Å². The lowest BCUT2D eigenvalue weighted by molar-refractivity contribution is -0.439. The largest absolute Gasteiger partial charge is 1.00 e. The van der Waals surface area contributed by atoms with Gasteiger partial charge in [-0.3, -0.25) is 0 Å². The van der Waals surface area contributed by atoms with Crippen molar-refractivity contribution in [3.8, 4) is 22.5 Å². The van der Waals surface area contributed by atoms with Gasteiger partial charge in [0.05, 0.1) is 18.2 Å². The van der Waals surface area contributed by atoms with Crippen LogP contribution in [0.3, 0.4) is 0 Å². The lowest BCUT2D eigenvalue weighted by Crippen LogP contribution is -3.00. The molecule has 1 aliphatic heterocycles. The Morgan fingerprint density at radius 1 is 0.557 bits per heavy atom. The van der Waals surface area contributed by atoms with Gasteiger partial charge < -0.3 is 26.8 Å². The van der Waals surface area contributed by atoms with Crippen LogP contribution >= 0.6 is 0 Å². The Morgan fingerprint density at radius 3 is 1.46 bits per heavy atom. The number of carboxylic acids is 1. The van der Waals surface area contributed by atoms with Gasteiger partial charge >= 0.3 is 77.5 Å². The summed E-state index contributed by atoms with van der Waals surface area (Å²) in [5.74, 6) is -80.1. The maximum absolute atomic E-state index is 15.1. The summed E-state index contributed by atoms with van der Waals surface area (Å²) in [7, 11) is 0. The molecule has 0 amide bonds. The van der Waals surface area contributed by atoms with E-state index in [1.54, 1.807) is 0 Å². The molecule has 0 aromatic heterocycles. The third kappa shape index (κ3) is 8.96. The van der Waals surface area contributed by atoms with Gasteiger partial charge in [-0.1, -0.05) is 18.2 Å². The van der Waals surface area contributed by atoms with E-state index in [1.807, 2.05) is 0 Å². The Balaban J connectivity index is 0.0000130. The van der Waals surface area contributed by atoms with Crippen LogP contribution in [0.5, 0.6) is 0 Å². The molecule has 0 unspecified atom stereocenters. The van der Waals surface area contributed by atoms with Gasteiger partial charge in [0, 0.05) is 40.9 Å². The summed E-state index contributed by atoms with van der Waals surface area (Å²) in [6, 6.07) is 8.25. The van der Waals surface area contributed by atoms with Gasteiger partial charge in [-0.25, -0.2) is 9.37 Å². The molecule has 0 fully saturated rings. The van der Waals surface area contributed by atoms with E-state index in [4.69, 9.17) is 4.42 Å². The molecule has 1 N–H and O–H groups in total. The smallest absolute Gasteiger partial charge is 0.460 e. The number of aromatic carboxylic acids is 1. The van der Waals surface area contributed by atoms with Crippen molar-refractivity contribution in [2.75, 3.05) is 31.1 Å². The first-order valence-electron chi connectivity index (χ1n) is 18.4. The van der Waals surface area contributed by atoms with Gasteiger partial charge in [-0.05, 0) is 43.7 Å². The molecule has 0 saturated carbocycles. The highest BCUT2D eigenvalue weighted by atomic mass is 35.5. The number of benzene rings is 3. The number of alkyl halides is 26. The van der Waals surface area contributed by atoms with Crippen LogP contribution in [0.25, 0.3) is 33.4 Å². The molecule has 5 nitrogen and oxygen atoms in total. The van der Waals surface area contributed by atoms with Crippen molar-refractivity contribution in [2.45, 2.75) is 85.4 Å². The number of hydrogen-bond donors (Lipinski definition) is 1.